The first-order valence-electron chi connectivity index (χ1n) is 6.80. The van der Waals surface area contributed by atoms with Crippen molar-refractivity contribution < 1.29 is 8.42 Å². The maximum absolute atomic E-state index is 12.8. The molecule has 0 spiro atoms. The van der Waals surface area contributed by atoms with E-state index in [-0.39, 0.29) is 10.5 Å². The summed E-state index contributed by atoms with van der Waals surface area (Å²) in [5.41, 5.74) is 2.45. The highest BCUT2D eigenvalue weighted by Gasteiger charge is 2.30. The molecule has 1 N–H and O–H groups in total. The lowest BCUT2D eigenvalue weighted by Gasteiger charge is -2.31. The van der Waals surface area contributed by atoms with Gasteiger partial charge in [-0.15, -0.1) is 0 Å². The molecule has 1 aliphatic heterocycles. The van der Waals surface area contributed by atoms with E-state index < -0.39 is 10.0 Å². The number of pyridine rings is 1. The molecule has 0 unspecified atom stereocenters. The zero-order valence-corrected chi connectivity index (χ0v) is 12.5. The van der Waals surface area contributed by atoms with E-state index in [2.05, 4.69) is 4.98 Å². The van der Waals surface area contributed by atoms with E-state index >= 15 is 0 Å². The molecule has 0 radical (unpaired) electrons. The maximum Gasteiger partial charge on any atom is 0.265 e. The molecule has 5 nitrogen and oxygen atoms in total. The Kier molecular flexibility index (Phi) is 3.33. The zero-order valence-electron chi connectivity index (χ0n) is 11.7. The minimum absolute atomic E-state index is 0.109. The summed E-state index contributed by atoms with van der Waals surface area (Å²) >= 11 is 0. The summed E-state index contributed by atoms with van der Waals surface area (Å²) in [4.78, 5) is 13.6. The number of aromatic amines is 1. The van der Waals surface area contributed by atoms with Gasteiger partial charge >= 0.3 is 0 Å². The molecule has 0 atom stereocenters. The molecule has 6 heteroatoms. The Morgan fingerprint density at radius 3 is 2.71 bits per heavy atom. The molecule has 2 aromatic rings. The number of H-pyrrole nitrogens is 1. The number of rotatable bonds is 2. The van der Waals surface area contributed by atoms with Gasteiger partial charge in [-0.1, -0.05) is 18.2 Å². The van der Waals surface area contributed by atoms with Crippen molar-refractivity contribution in [2.45, 2.75) is 24.7 Å². The normalized spacial score (nSPS) is 14.8. The Hall–Kier alpha value is -2.08. The number of aromatic nitrogens is 1. The van der Waals surface area contributed by atoms with E-state index in [1.54, 1.807) is 0 Å². The number of benzene rings is 1. The van der Waals surface area contributed by atoms with Gasteiger partial charge in [0.1, 0.15) is 4.90 Å². The molecule has 0 bridgehead atoms. The number of anilines is 1. The molecule has 0 amide bonds. The molecule has 1 aromatic carbocycles. The van der Waals surface area contributed by atoms with Crippen LogP contribution in [0, 0.1) is 6.92 Å². The molecule has 0 saturated heterocycles. The van der Waals surface area contributed by atoms with Crippen LogP contribution in [0.4, 0.5) is 5.69 Å². The molecular weight excluding hydrogens is 288 g/mol. The highest BCUT2D eigenvalue weighted by Crippen LogP contribution is 2.34. The number of para-hydroxylation sites is 1. The lowest BCUT2D eigenvalue weighted by Crippen LogP contribution is -2.36. The van der Waals surface area contributed by atoms with Crippen LogP contribution in [-0.4, -0.2) is 19.9 Å². The van der Waals surface area contributed by atoms with Crippen molar-refractivity contribution in [3.8, 4) is 0 Å². The van der Waals surface area contributed by atoms with Crippen molar-refractivity contribution in [2.24, 2.45) is 0 Å². The summed E-state index contributed by atoms with van der Waals surface area (Å²) in [5.74, 6) is 0. The van der Waals surface area contributed by atoms with Crippen molar-refractivity contribution in [1.82, 2.24) is 4.98 Å². The monoisotopic (exact) mass is 304 g/mol. The van der Waals surface area contributed by atoms with Gasteiger partial charge < -0.3 is 4.98 Å². The quantitative estimate of drug-likeness (QED) is 0.920. The van der Waals surface area contributed by atoms with E-state index in [0.717, 1.165) is 29.7 Å². The first-order chi connectivity index (χ1) is 10.00. The van der Waals surface area contributed by atoms with Gasteiger partial charge in [0.05, 0.1) is 5.69 Å². The van der Waals surface area contributed by atoms with E-state index in [0.29, 0.717) is 6.54 Å². The van der Waals surface area contributed by atoms with Crippen LogP contribution in [0.25, 0.3) is 0 Å². The first-order valence-corrected chi connectivity index (χ1v) is 8.24. The van der Waals surface area contributed by atoms with Gasteiger partial charge in [0.2, 0.25) is 5.56 Å². The summed E-state index contributed by atoms with van der Waals surface area (Å²) in [6, 6.07) is 8.41. The third-order valence-electron chi connectivity index (χ3n) is 3.72. The second-order valence-corrected chi connectivity index (χ2v) is 7.01. The fraction of sp³-hybridized carbons (Fsp3) is 0.267. The van der Waals surface area contributed by atoms with E-state index in [1.807, 2.05) is 25.1 Å². The predicted molar refractivity (Wildman–Crippen MR) is 81.1 cm³/mol. The van der Waals surface area contributed by atoms with Gasteiger partial charge in [-0.05, 0) is 37.0 Å². The Bertz CT molecular complexity index is 820. The van der Waals surface area contributed by atoms with E-state index in [9.17, 15) is 13.2 Å². The molecule has 3 rings (SSSR count). The van der Waals surface area contributed by atoms with Gasteiger partial charge in [0, 0.05) is 18.8 Å². The number of hydrogen-bond donors (Lipinski definition) is 1. The minimum atomic E-state index is -3.65. The molecule has 21 heavy (non-hydrogen) atoms. The van der Waals surface area contributed by atoms with Crippen LogP contribution in [0.3, 0.4) is 0 Å². The molecule has 0 fully saturated rings. The number of sulfonamides is 1. The molecule has 0 saturated carbocycles. The Morgan fingerprint density at radius 1 is 1.19 bits per heavy atom. The third-order valence-corrected chi connectivity index (χ3v) is 5.52. The van der Waals surface area contributed by atoms with Crippen molar-refractivity contribution in [3.63, 3.8) is 0 Å². The zero-order chi connectivity index (χ0) is 15.0. The van der Waals surface area contributed by atoms with Gasteiger partial charge in [0.15, 0.2) is 0 Å². The summed E-state index contributed by atoms with van der Waals surface area (Å²) in [6.07, 6.45) is 2.93. The van der Waals surface area contributed by atoms with Gasteiger partial charge in [-0.2, -0.15) is 0 Å². The number of nitrogens with zero attached hydrogens (tertiary/aromatic N) is 1. The number of fused-ring (bicyclic) bond motifs is 1. The third kappa shape index (κ3) is 2.35. The van der Waals surface area contributed by atoms with Crippen molar-refractivity contribution >= 4 is 15.7 Å². The second kappa shape index (κ2) is 5.04. The average molecular weight is 304 g/mol. The van der Waals surface area contributed by atoms with Crippen LogP contribution in [0.15, 0.2) is 46.2 Å². The lowest BCUT2D eigenvalue weighted by atomic mass is 10.0. The Balaban J connectivity index is 2.14. The van der Waals surface area contributed by atoms with Gasteiger partial charge in [-0.25, -0.2) is 8.42 Å². The Morgan fingerprint density at radius 2 is 2.00 bits per heavy atom. The van der Waals surface area contributed by atoms with Gasteiger partial charge in [-0.3, -0.25) is 9.10 Å². The number of hydrogen-bond acceptors (Lipinski definition) is 3. The highest BCUT2D eigenvalue weighted by molar-refractivity contribution is 7.92. The summed E-state index contributed by atoms with van der Waals surface area (Å²) < 4.78 is 27.1. The molecule has 1 aliphatic rings. The fourth-order valence-electron chi connectivity index (χ4n) is 2.73. The van der Waals surface area contributed by atoms with Crippen LogP contribution >= 0.6 is 0 Å². The van der Waals surface area contributed by atoms with Gasteiger partial charge in [0.25, 0.3) is 10.0 Å². The van der Waals surface area contributed by atoms with E-state index in [4.69, 9.17) is 0 Å². The van der Waals surface area contributed by atoms with Crippen LogP contribution in [0.2, 0.25) is 0 Å². The molecular formula is C15H16N2O3S. The Labute approximate surface area is 123 Å². The summed E-state index contributed by atoms with van der Waals surface area (Å²) in [7, 11) is -3.65. The van der Waals surface area contributed by atoms with Crippen molar-refractivity contribution in [2.75, 3.05) is 10.8 Å². The molecule has 0 aliphatic carbocycles. The van der Waals surface area contributed by atoms with E-state index in [1.165, 1.54) is 22.6 Å². The first kappa shape index (κ1) is 13.9. The van der Waals surface area contributed by atoms with Crippen LogP contribution in [0.5, 0.6) is 0 Å². The highest BCUT2D eigenvalue weighted by atomic mass is 32.2. The van der Waals surface area contributed by atoms with Crippen molar-refractivity contribution in [1.29, 1.82) is 0 Å². The largest absolute Gasteiger partial charge is 0.328 e. The predicted octanol–water partition coefficient (Wildman–Crippen LogP) is 1.82. The molecule has 2 heterocycles. The van der Waals surface area contributed by atoms with Crippen LogP contribution in [-0.2, 0) is 16.4 Å². The SMILES string of the molecule is Cc1cccc2c1N(S(=O)(=O)c1ccc(=O)[nH]c1)CCC2. The smallest absolute Gasteiger partial charge is 0.265 e. The maximum atomic E-state index is 12.8. The summed E-state index contributed by atoms with van der Waals surface area (Å²) in [6.45, 7) is 2.37. The molecule has 1 aromatic heterocycles. The van der Waals surface area contributed by atoms with Crippen LogP contribution < -0.4 is 9.86 Å². The average Bonchev–Trinajstić information content (AvgIpc) is 2.47. The standard InChI is InChI=1S/C15H16N2O3S/c1-11-4-2-5-12-6-3-9-17(15(11)12)21(19,20)13-7-8-14(18)16-10-13/h2,4-5,7-8,10H,3,6,9H2,1H3,(H,16,18). The number of nitrogens with one attached hydrogen (secondary N) is 1. The summed E-state index contributed by atoms with van der Waals surface area (Å²) in [5, 5.41) is 0. The van der Waals surface area contributed by atoms with Crippen molar-refractivity contribution in [3.05, 3.63) is 58.0 Å². The topological polar surface area (TPSA) is 70.2 Å². The fourth-order valence-corrected chi connectivity index (χ4v) is 4.30. The molecule has 110 valence electrons. The lowest BCUT2D eigenvalue weighted by molar-refractivity contribution is 0.586. The second-order valence-electron chi connectivity index (χ2n) is 5.15. The number of aryl methyl sites for hydroxylation is 2. The minimum Gasteiger partial charge on any atom is -0.328 e. The van der Waals surface area contributed by atoms with Crippen LogP contribution in [0.1, 0.15) is 17.5 Å².